The minimum Gasteiger partial charge on any atom is -0.369 e. The van der Waals surface area contributed by atoms with Crippen LogP contribution in [0, 0.1) is 41.5 Å². The van der Waals surface area contributed by atoms with Crippen LogP contribution in [0.5, 0.6) is 0 Å². The first-order valence-electron chi connectivity index (χ1n) is 11.5. The van der Waals surface area contributed by atoms with E-state index >= 15 is 0 Å². The Kier molecular flexibility index (Phi) is 8.06. The van der Waals surface area contributed by atoms with Crippen molar-refractivity contribution in [1.29, 1.82) is 0 Å². The average molecular weight is 417 g/mol. The van der Waals surface area contributed by atoms with E-state index in [1.54, 1.807) is 0 Å². The number of ether oxygens (including phenoxy) is 1. The fraction of sp³-hybridized carbons (Fsp3) is 0.379. The van der Waals surface area contributed by atoms with Crippen molar-refractivity contribution < 1.29 is 10.1 Å². The molecule has 3 aromatic carbocycles. The van der Waals surface area contributed by atoms with Crippen LogP contribution in [0.2, 0.25) is 0 Å². The van der Waals surface area contributed by atoms with Crippen LogP contribution in [-0.4, -0.2) is 13.2 Å². The second kappa shape index (κ2) is 10.7. The van der Waals surface area contributed by atoms with Gasteiger partial charge in [0.05, 0.1) is 13.2 Å². The molecule has 31 heavy (non-hydrogen) atoms. The predicted octanol–water partition coefficient (Wildman–Crippen LogP) is 5.80. The number of aryl methyl sites for hydroxylation is 6. The summed E-state index contributed by atoms with van der Waals surface area (Å²) >= 11 is 0. The molecule has 3 aromatic rings. The van der Waals surface area contributed by atoms with Crippen LogP contribution >= 0.6 is 0 Å². The summed E-state index contributed by atoms with van der Waals surface area (Å²) in [5.41, 5.74) is 11.9. The Labute approximate surface area is 188 Å². The van der Waals surface area contributed by atoms with Crippen molar-refractivity contribution >= 4 is 0 Å². The second-order valence-corrected chi connectivity index (χ2v) is 9.00. The molecule has 3 rings (SSSR count). The smallest absolute Gasteiger partial charge is 0.109 e. The van der Waals surface area contributed by atoms with Gasteiger partial charge < -0.3 is 10.1 Å². The Bertz CT molecular complexity index is 903. The van der Waals surface area contributed by atoms with Gasteiger partial charge in [0, 0.05) is 12.0 Å². The molecular weight excluding hydrogens is 378 g/mol. The van der Waals surface area contributed by atoms with Gasteiger partial charge in [0.15, 0.2) is 0 Å². The lowest BCUT2D eigenvalue weighted by Gasteiger charge is -2.26. The van der Waals surface area contributed by atoms with Gasteiger partial charge in [0.1, 0.15) is 12.6 Å². The lowest BCUT2D eigenvalue weighted by molar-refractivity contribution is -0.671. The summed E-state index contributed by atoms with van der Waals surface area (Å²) in [5, 5.41) is 2.37. The molecule has 0 spiro atoms. The molecule has 2 nitrogen and oxygen atoms in total. The van der Waals surface area contributed by atoms with E-state index in [1.165, 1.54) is 50.1 Å². The van der Waals surface area contributed by atoms with E-state index in [0.717, 1.165) is 26.1 Å². The molecule has 0 aliphatic heterocycles. The SMILES string of the molecule is Cc1cc(C)c(C(OCCC[NH2+]Cc2ccccc2)c2c(C)cc(C)cc2C)c(C)c1. The van der Waals surface area contributed by atoms with Crippen molar-refractivity contribution in [3.8, 4) is 0 Å². The summed E-state index contributed by atoms with van der Waals surface area (Å²) in [6.45, 7) is 16.1. The van der Waals surface area contributed by atoms with Gasteiger partial charge >= 0.3 is 0 Å². The molecule has 0 bridgehead atoms. The summed E-state index contributed by atoms with van der Waals surface area (Å²) in [6.07, 6.45) is 1.02. The number of rotatable bonds is 9. The molecular formula is C29H38NO+. The molecule has 0 radical (unpaired) electrons. The molecule has 2 heteroatoms. The van der Waals surface area contributed by atoms with Crippen LogP contribution in [0.4, 0.5) is 0 Å². The van der Waals surface area contributed by atoms with Crippen LogP contribution in [0.3, 0.4) is 0 Å². The third-order valence-electron chi connectivity index (χ3n) is 6.06. The first kappa shape index (κ1) is 23.2. The van der Waals surface area contributed by atoms with Crippen molar-refractivity contribution in [2.24, 2.45) is 0 Å². The Morgan fingerprint density at radius 2 is 1.19 bits per heavy atom. The van der Waals surface area contributed by atoms with E-state index in [4.69, 9.17) is 4.74 Å². The summed E-state index contributed by atoms with van der Waals surface area (Å²) in [5.74, 6) is 0. The van der Waals surface area contributed by atoms with Crippen molar-refractivity contribution in [2.45, 2.75) is 60.6 Å². The molecule has 0 atom stereocenters. The third-order valence-corrected chi connectivity index (χ3v) is 6.06. The van der Waals surface area contributed by atoms with Gasteiger partial charge in [-0.25, -0.2) is 0 Å². The molecule has 0 aliphatic rings. The second-order valence-electron chi connectivity index (χ2n) is 9.00. The van der Waals surface area contributed by atoms with E-state index in [-0.39, 0.29) is 6.10 Å². The number of hydrogen-bond donors (Lipinski definition) is 1. The first-order chi connectivity index (χ1) is 14.9. The molecule has 0 fully saturated rings. The van der Waals surface area contributed by atoms with Crippen LogP contribution in [-0.2, 0) is 11.3 Å². The summed E-state index contributed by atoms with van der Waals surface area (Å²) in [4.78, 5) is 0. The molecule has 164 valence electrons. The van der Waals surface area contributed by atoms with E-state index in [1.807, 2.05) is 0 Å². The molecule has 0 heterocycles. The molecule has 0 aromatic heterocycles. The van der Waals surface area contributed by atoms with Gasteiger partial charge in [-0.1, -0.05) is 65.7 Å². The highest BCUT2D eigenvalue weighted by Crippen LogP contribution is 2.36. The zero-order valence-corrected chi connectivity index (χ0v) is 20.1. The quantitative estimate of drug-likeness (QED) is 0.439. The van der Waals surface area contributed by atoms with Gasteiger partial charge in [-0.2, -0.15) is 0 Å². The predicted molar refractivity (Wildman–Crippen MR) is 131 cm³/mol. The Hall–Kier alpha value is -2.42. The van der Waals surface area contributed by atoms with E-state index in [9.17, 15) is 0 Å². The Morgan fingerprint density at radius 1 is 0.710 bits per heavy atom. The lowest BCUT2D eigenvalue weighted by atomic mass is 9.87. The molecule has 0 unspecified atom stereocenters. The monoisotopic (exact) mass is 416 g/mol. The standard InChI is InChI=1S/C29H37NO/c1-20-15-22(3)27(23(4)16-20)29(28-24(5)17-21(2)18-25(28)6)31-14-10-13-30-19-26-11-8-7-9-12-26/h7-9,11-12,15-18,29-30H,10,13-14,19H2,1-6H3/p+1. The molecule has 0 amide bonds. The number of nitrogens with two attached hydrogens (primary N) is 1. The first-order valence-corrected chi connectivity index (χ1v) is 11.5. The highest BCUT2D eigenvalue weighted by atomic mass is 16.5. The van der Waals surface area contributed by atoms with Crippen molar-refractivity contribution in [3.05, 3.63) is 105 Å². The van der Waals surface area contributed by atoms with Crippen molar-refractivity contribution in [1.82, 2.24) is 0 Å². The molecule has 2 N–H and O–H groups in total. The number of hydrogen-bond acceptors (Lipinski definition) is 1. The van der Waals surface area contributed by atoms with Gasteiger partial charge in [-0.3, -0.25) is 0 Å². The van der Waals surface area contributed by atoms with Gasteiger partial charge in [-0.15, -0.1) is 0 Å². The van der Waals surface area contributed by atoms with Crippen molar-refractivity contribution in [2.75, 3.05) is 13.2 Å². The fourth-order valence-electron chi connectivity index (χ4n) is 4.83. The molecule has 0 saturated heterocycles. The number of quaternary nitrogens is 1. The highest BCUT2D eigenvalue weighted by Gasteiger charge is 2.23. The van der Waals surface area contributed by atoms with Gasteiger partial charge in [-0.05, 0) is 74.9 Å². The minimum atomic E-state index is -0.0182. The average Bonchev–Trinajstić information content (AvgIpc) is 2.69. The van der Waals surface area contributed by atoms with Crippen LogP contribution in [0.25, 0.3) is 0 Å². The lowest BCUT2D eigenvalue weighted by Crippen LogP contribution is -2.82. The summed E-state index contributed by atoms with van der Waals surface area (Å²) in [7, 11) is 0. The Balaban J connectivity index is 1.75. The van der Waals surface area contributed by atoms with Gasteiger partial charge in [0.2, 0.25) is 0 Å². The van der Waals surface area contributed by atoms with Crippen LogP contribution in [0.1, 0.15) is 62.6 Å². The minimum absolute atomic E-state index is 0.0182. The Morgan fingerprint density at radius 3 is 1.68 bits per heavy atom. The summed E-state index contributed by atoms with van der Waals surface area (Å²) in [6, 6.07) is 19.8. The largest absolute Gasteiger partial charge is 0.369 e. The molecule has 0 aliphatic carbocycles. The maximum Gasteiger partial charge on any atom is 0.109 e. The van der Waals surface area contributed by atoms with Crippen LogP contribution < -0.4 is 5.32 Å². The zero-order chi connectivity index (χ0) is 22.4. The van der Waals surface area contributed by atoms with Crippen molar-refractivity contribution in [3.63, 3.8) is 0 Å². The third kappa shape index (κ3) is 6.06. The van der Waals surface area contributed by atoms with E-state index in [2.05, 4.69) is 101 Å². The fourth-order valence-corrected chi connectivity index (χ4v) is 4.83. The zero-order valence-electron chi connectivity index (χ0n) is 20.1. The van der Waals surface area contributed by atoms with Gasteiger partial charge in [0.25, 0.3) is 0 Å². The topological polar surface area (TPSA) is 25.8 Å². The maximum absolute atomic E-state index is 6.65. The van der Waals surface area contributed by atoms with Crippen LogP contribution in [0.15, 0.2) is 54.6 Å². The number of benzene rings is 3. The summed E-state index contributed by atoms with van der Waals surface area (Å²) < 4.78 is 6.65. The maximum atomic E-state index is 6.65. The van der Waals surface area contributed by atoms with E-state index < -0.39 is 0 Å². The normalized spacial score (nSPS) is 11.3. The molecule has 0 saturated carbocycles. The van der Waals surface area contributed by atoms with E-state index in [0.29, 0.717) is 0 Å². The highest BCUT2D eigenvalue weighted by molar-refractivity contribution is 5.48.